The van der Waals surface area contributed by atoms with Crippen LogP contribution < -0.4 is 0 Å². The Labute approximate surface area is 101 Å². The zero-order valence-electron chi connectivity index (χ0n) is 10.1. The van der Waals surface area contributed by atoms with Crippen LogP contribution >= 0.6 is 0 Å². The smallest absolute Gasteiger partial charge is 0.332 e. The van der Waals surface area contributed by atoms with E-state index in [-0.39, 0.29) is 19.2 Å². The number of esters is 1. The minimum atomic E-state index is -0.352. The van der Waals surface area contributed by atoms with Gasteiger partial charge in [0.05, 0.1) is 13.2 Å². The Hall–Kier alpha value is -1.39. The number of ether oxygens (including phenoxy) is 3. The predicted octanol–water partition coefficient (Wildman–Crippen LogP) is 1.78. The Kier molecular flexibility index (Phi) is 7.02. The SMILES string of the molecule is CCOCC(=O)OCCOCc1ccccc1. The van der Waals surface area contributed by atoms with Crippen LogP contribution in [-0.2, 0) is 25.6 Å². The number of hydrogen-bond acceptors (Lipinski definition) is 4. The van der Waals surface area contributed by atoms with Gasteiger partial charge < -0.3 is 14.2 Å². The molecule has 0 saturated carbocycles. The van der Waals surface area contributed by atoms with Gasteiger partial charge in [-0.05, 0) is 12.5 Å². The minimum Gasteiger partial charge on any atom is -0.462 e. The summed E-state index contributed by atoms with van der Waals surface area (Å²) in [6.07, 6.45) is 0. The maximum Gasteiger partial charge on any atom is 0.332 e. The Morgan fingerprint density at radius 1 is 1.12 bits per heavy atom. The highest BCUT2D eigenvalue weighted by molar-refractivity contribution is 5.70. The largest absolute Gasteiger partial charge is 0.462 e. The summed E-state index contributed by atoms with van der Waals surface area (Å²) < 4.78 is 15.2. The molecule has 0 atom stereocenters. The van der Waals surface area contributed by atoms with Crippen LogP contribution in [0.15, 0.2) is 30.3 Å². The molecule has 0 saturated heterocycles. The van der Waals surface area contributed by atoms with Gasteiger partial charge in [0.15, 0.2) is 0 Å². The van der Waals surface area contributed by atoms with Crippen LogP contribution in [0.4, 0.5) is 0 Å². The lowest BCUT2D eigenvalue weighted by atomic mass is 10.2. The van der Waals surface area contributed by atoms with E-state index in [1.54, 1.807) is 0 Å². The molecule has 0 bridgehead atoms. The van der Waals surface area contributed by atoms with Crippen molar-refractivity contribution in [3.63, 3.8) is 0 Å². The van der Waals surface area contributed by atoms with E-state index in [0.29, 0.717) is 19.8 Å². The van der Waals surface area contributed by atoms with Crippen LogP contribution in [0.3, 0.4) is 0 Å². The van der Waals surface area contributed by atoms with E-state index in [1.165, 1.54) is 0 Å². The van der Waals surface area contributed by atoms with Gasteiger partial charge in [0, 0.05) is 6.61 Å². The summed E-state index contributed by atoms with van der Waals surface area (Å²) in [6, 6.07) is 9.85. The second kappa shape index (κ2) is 8.73. The molecule has 1 rings (SSSR count). The van der Waals surface area contributed by atoms with Crippen molar-refractivity contribution in [2.45, 2.75) is 13.5 Å². The third-order valence-corrected chi connectivity index (χ3v) is 2.03. The molecule has 0 aromatic heterocycles. The predicted molar refractivity (Wildman–Crippen MR) is 63.6 cm³/mol. The van der Waals surface area contributed by atoms with Crippen molar-refractivity contribution in [1.29, 1.82) is 0 Å². The first-order valence-electron chi connectivity index (χ1n) is 5.68. The molecule has 0 aliphatic carbocycles. The zero-order chi connectivity index (χ0) is 12.3. The Bertz CT molecular complexity index is 310. The monoisotopic (exact) mass is 238 g/mol. The quantitative estimate of drug-likeness (QED) is 0.511. The summed E-state index contributed by atoms with van der Waals surface area (Å²) in [7, 11) is 0. The van der Waals surface area contributed by atoms with Crippen molar-refractivity contribution in [3.8, 4) is 0 Å². The van der Waals surface area contributed by atoms with Crippen molar-refractivity contribution in [1.82, 2.24) is 0 Å². The summed E-state index contributed by atoms with van der Waals surface area (Å²) in [4.78, 5) is 11.0. The molecular weight excluding hydrogens is 220 g/mol. The van der Waals surface area contributed by atoms with Crippen molar-refractivity contribution in [2.75, 3.05) is 26.4 Å². The first-order valence-corrected chi connectivity index (χ1v) is 5.68. The molecule has 1 aromatic rings. The van der Waals surface area contributed by atoms with Gasteiger partial charge in [-0.2, -0.15) is 0 Å². The molecule has 0 amide bonds. The van der Waals surface area contributed by atoms with Gasteiger partial charge >= 0.3 is 5.97 Å². The molecule has 4 nitrogen and oxygen atoms in total. The molecular formula is C13H18O4. The van der Waals surface area contributed by atoms with E-state index in [9.17, 15) is 4.79 Å². The average Bonchev–Trinajstić information content (AvgIpc) is 2.37. The van der Waals surface area contributed by atoms with E-state index in [1.807, 2.05) is 37.3 Å². The molecule has 17 heavy (non-hydrogen) atoms. The van der Waals surface area contributed by atoms with E-state index >= 15 is 0 Å². The van der Waals surface area contributed by atoms with E-state index in [0.717, 1.165) is 5.56 Å². The van der Waals surface area contributed by atoms with E-state index in [2.05, 4.69) is 0 Å². The summed E-state index contributed by atoms with van der Waals surface area (Å²) in [5.74, 6) is -0.352. The van der Waals surface area contributed by atoms with E-state index in [4.69, 9.17) is 14.2 Å². The van der Waals surface area contributed by atoms with Gasteiger partial charge in [0.1, 0.15) is 13.2 Å². The summed E-state index contributed by atoms with van der Waals surface area (Å²) in [6.45, 7) is 3.54. The number of carbonyl (C=O) groups excluding carboxylic acids is 1. The first-order chi connectivity index (χ1) is 8.33. The lowest BCUT2D eigenvalue weighted by molar-refractivity contribution is -0.150. The molecule has 0 fully saturated rings. The van der Waals surface area contributed by atoms with Gasteiger partial charge in [-0.15, -0.1) is 0 Å². The standard InChI is InChI=1S/C13H18O4/c1-2-15-11-13(14)17-9-8-16-10-12-6-4-3-5-7-12/h3-7H,2,8-11H2,1H3. The molecule has 0 aliphatic rings. The van der Waals surface area contributed by atoms with Crippen LogP contribution in [-0.4, -0.2) is 32.4 Å². The Morgan fingerprint density at radius 3 is 2.59 bits per heavy atom. The van der Waals surface area contributed by atoms with Crippen LogP contribution in [0.1, 0.15) is 12.5 Å². The molecule has 0 heterocycles. The third-order valence-electron chi connectivity index (χ3n) is 2.03. The summed E-state index contributed by atoms with van der Waals surface area (Å²) in [5.41, 5.74) is 1.10. The highest BCUT2D eigenvalue weighted by atomic mass is 16.6. The average molecular weight is 238 g/mol. The van der Waals surface area contributed by atoms with Crippen LogP contribution in [0, 0.1) is 0 Å². The van der Waals surface area contributed by atoms with Gasteiger partial charge in [-0.25, -0.2) is 4.79 Å². The molecule has 0 N–H and O–H groups in total. The Balaban J connectivity index is 1.99. The molecule has 0 radical (unpaired) electrons. The Morgan fingerprint density at radius 2 is 1.88 bits per heavy atom. The van der Waals surface area contributed by atoms with Crippen molar-refractivity contribution < 1.29 is 19.0 Å². The number of benzene rings is 1. The van der Waals surface area contributed by atoms with Gasteiger partial charge in [-0.3, -0.25) is 0 Å². The zero-order valence-corrected chi connectivity index (χ0v) is 10.1. The maximum atomic E-state index is 11.0. The van der Waals surface area contributed by atoms with Gasteiger partial charge in [-0.1, -0.05) is 30.3 Å². The highest BCUT2D eigenvalue weighted by Crippen LogP contribution is 1.99. The van der Waals surface area contributed by atoms with Crippen LogP contribution in [0.25, 0.3) is 0 Å². The normalized spacial score (nSPS) is 10.2. The minimum absolute atomic E-state index is 0.00911. The van der Waals surface area contributed by atoms with Crippen molar-refractivity contribution >= 4 is 5.97 Å². The second-order valence-electron chi connectivity index (χ2n) is 3.40. The molecule has 0 unspecified atom stereocenters. The summed E-state index contributed by atoms with van der Waals surface area (Å²) in [5, 5.41) is 0. The molecule has 0 aliphatic heterocycles. The summed E-state index contributed by atoms with van der Waals surface area (Å²) >= 11 is 0. The number of carbonyl (C=O) groups is 1. The van der Waals surface area contributed by atoms with Gasteiger partial charge in [0.25, 0.3) is 0 Å². The van der Waals surface area contributed by atoms with Crippen LogP contribution in [0.2, 0.25) is 0 Å². The van der Waals surface area contributed by atoms with E-state index < -0.39 is 0 Å². The molecule has 0 spiro atoms. The van der Waals surface area contributed by atoms with Crippen molar-refractivity contribution in [3.05, 3.63) is 35.9 Å². The highest BCUT2D eigenvalue weighted by Gasteiger charge is 2.01. The molecule has 1 aromatic carbocycles. The van der Waals surface area contributed by atoms with Gasteiger partial charge in [0.2, 0.25) is 0 Å². The fourth-order valence-corrected chi connectivity index (χ4v) is 1.21. The molecule has 94 valence electrons. The maximum absolute atomic E-state index is 11.0. The van der Waals surface area contributed by atoms with Crippen LogP contribution in [0.5, 0.6) is 0 Å². The fraction of sp³-hybridized carbons (Fsp3) is 0.462. The lowest BCUT2D eigenvalue weighted by Crippen LogP contribution is -2.15. The second-order valence-corrected chi connectivity index (χ2v) is 3.40. The lowest BCUT2D eigenvalue weighted by Gasteiger charge is -2.06. The number of rotatable bonds is 8. The number of hydrogen-bond donors (Lipinski definition) is 0. The fourth-order valence-electron chi connectivity index (χ4n) is 1.21. The first kappa shape index (κ1) is 13.7. The third kappa shape index (κ3) is 6.71. The van der Waals surface area contributed by atoms with Crippen molar-refractivity contribution in [2.24, 2.45) is 0 Å². The molecule has 4 heteroatoms. The topological polar surface area (TPSA) is 44.8 Å².